The SMILES string of the molecule is O=S(=O)(c1ccccc1Br)C1CCN(c2nc(Cc3cc(F)cc(F)c3)cs2)CC1. The van der Waals surface area contributed by atoms with Crippen molar-refractivity contribution in [1.29, 1.82) is 0 Å². The van der Waals surface area contributed by atoms with Crippen LogP contribution in [0.25, 0.3) is 0 Å². The van der Waals surface area contributed by atoms with E-state index >= 15 is 0 Å². The molecule has 4 rings (SSSR count). The first-order chi connectivity index (χ1) is 14.3. The van der Waals surface area contributed by atoms with Crippen molar-refractivity contribution in [3.63, 3.8) is 0 Å². The maximum Gasteiger partial charge on any atom is 0.185 e. The second-order valence-corrected chi connectivity index (χ2v) is 11.1. The molecule has 0 radical (unpaired) electrons. The largest absolute Gasteiger partial charge is 0.348 e. The van der Waals surface area contributed by atoms with E-state index in [0.717, 1.165) is 16.9 Å². The Hall–Kier alpha value is -1.84. The molecule has 30 heavy (non-hydrogen) atoms. The van der Waals surface area contributed by atoms with Crippen LogP contribution in [-0.2, 0) is 16.3 Å². The van der Waals surface area contributed by atoms with Gasteiger partial charge in [0.1, 0.15) is 11.6 Å². The second-order valence-electron chi connectivity index (χ2n) is 7.24. The lowest BCUT2D eigenvalue weighted by Crippen LogP contribution is -2.39. The predicted octanol–water partition coefficient (Wildman–Crippen LogP) is 5.22. The molecule has 0 unspecified atom stereocenters. The Morgan fingerprint density at radius 1 is 1.10 bits per heavy atom. The van der Waals surface area contributed by atoms with Crippen LogP contribution in [0, 0.1) is 11.6 Å². The van der Waals surface area contributed by atoms with E-state index in [2.05, 4.69) is 25.8 Å². The number of hydrogen-bond donors (Lipinski definition) is 0. The van der Waals surface area contributed by atoms with Crippen molar-refractivity contribution in [1.82, 2.24) is 4.98 Å². The van der Waals surface area contributed by atoms with Gasteiger partial charge in [-0.25, -0.2) is 22.2 Å². The fourth-order valence-corrected chi connectivity index (χ4v) is 7.30. The summed E-state index contributed by atoms with van der Waals surface area (Å²) in [6, 6.07) is 10.4. The lowest BCUT2D eigenvalue weighted by molar-refractivity contribution is 0.529. The van der Waals surface area contributed by atoms with Crippen LogP contribution in [0.5, 0.6) is 0 Å². The van der Waals surface area contributed by atoms with Crippen molar-refractivity contribution in [2.75, 3.05) is 18.0 Å². The van der Waals surface area contributed by atoms with Crippen molar-refractivity contribution in [3.8, 4) is 0 Å². The molecule has 9 heteroatoms. The van der Waals surface area contributed by atoms with Gasteiger partial charge in [-0.15, -0.1) is 11.3 Å². The van der Waals surface area contributed by atoms with E-state index in [1.54, 1.807) is 24.3 Å². The van der Waals surface area contributed by atoms with Crippen LogP contribution in [0.1, 0.15) is 24.1 Å². The van der Waals surface area contributed by atoms with Gasteiger partial charge in [-0.3, -0.25) is 0 Å². The van der Waals surface area contributed by atoms with E-state index in [4.69, 9.17) is 0 Å². The summed E-state index contributed by atoms with van der Waals surface area (Å²) in [5.74, 6) is -1.21. The Kier molecular flexibility index (Phi) is 6.22. The minimum atomic E-state index is -3.40. The summed E-state index contributed by atoms with van der Waals surface area (Å²) in [6.45, 7) is 1.19. The average molecular weight is 513 g/mol. The smallest absolute Gasteiger partial charge is 0.185 e. The fraction of sp³-hybridized carbons (Fsp3) is 0.286. The van der Waals surface area contributed by atoms with Gasteiger partial charge in [-0.2, -0.15) is 0 Å². The standard InChI is InChI=1S/C21H19BrF2N2O2S2/c22-19-3-1-2-4-20(19)30(27,28)18-5-7-26(8-6-18)21-25-17(13-29-21)11-14-9-15(23)12-16(24)10-14/h1-4,9-10,12-13,18H,5-8,11H2. The molecule has 1 aromatic heterocycles. The molecule has 0 aliphatic carbocycles. The van der Waals surface area contributed by atoms with Crippen LogP contribution in [0.3, 0.4) is 0 Å². The summed E-state index contributed by atoms with van der Waals surface area (Å²) >= 11 is 4.80. The molecule has 1 aliphatic rings. The van der Waals surface area contributed by atoms with E-state index in [1.165, 1.54) is 23.5 Å². The molecular formula is C21H19BrF2N2O2S2. The van der Waals surface area contributed by atoms with Crippen molar-refractivity contribution >= 4 is 42.2 Å². The van der Waals surface area contributed by atoms with Gasteiger partial charge in [-0.1, -0.05) is 12.1 Å². The summed E-state index contributed by atoms with van der Waals surface area (Å²) in [5.41, 5.74) is 1.27. The maximum absolute atomic E-state index is 13.4. The second kappa shape index (κ2) is 8.72. The Bertz CT molecular complexity index is 1140. The van der Waals surface area contributed by atoms with Crippen LogP contribution in [0.2, 0.25) is 0 Å². The first kappa shape index (κ1) is 21.4. The summed E-state index contributed by atoms with van der Waals surface area (Å²) in [5, 5.41) is 2.25. The van der Waals surface area contributed by atoms with Crippen molar-refractivity contribution < 1.29 is 17.2 Å². The third-order valence-electron chi connectivity index (χ3n) is 5.14. The predicted molar refractivity (Wildman–Crippen MR) is 118 cm³/mol. The number of sulfone groups is 1. The quantitative estimate of drug-likeness (QED) is 0.470. The van der Waals surface area contributed by atoms with Crippen LogP contribution < -0.4 is 4.90 Å². The highest BCUT2D eigenvalue weighted by molar-refractivity contribution is 9.10. The van der Waals surface area contributed by atoms with Crippen molar-refractivity contribution in [2.24, 2.45) is 0 Å². The molecule has 0 spiro atoms. The lowest BCUT2D eigenvalue weighted by Gasteiger charge is -2.31. The molecule has 0 atom stereocenters. The minimum Gasteiger partial charge on any atom is -0.348 e. The minimum absolute atomic E-state index is 0.335. The number of nitrogens with zero attached hydrogens (tertiary/aromatic N) is 2. The molecule has 158 valence electrons. The Balaban J connectivity index is 1.42. The normalized spacial score (nSPS) is 15.5. The highest BCUT2D eigenvalue weighted by Crippen LogP contribution is 2.32. The van der Waals surface area contributed by atoms with E-state index in [9.17, 15) is 17.2 Å². The number of aromatic nitrogens is 1. The van der Waals surface area contributed by atoms with Gasteiger partial charge < -0.3 is 4.90 Å². The molecule has 0 N–H and O–H groups in total. The molecule has 2 heterocycles. The third-order valence-corrected chi connectivity index (χ3v) is 9.36. The molecule has 3 aromatic rings. The van der Waals surface area contributed by atoms with Gasteiger partial charge in [0.15, 0.2) is 15.0 Å². The van der Waals surface area contributed by atoms with E-state index in [1.807, 2.05) is 5.38 Å². The topological polar surface area (TPSA) is 50.3 Å². The van der Waals surface area contributed by atoms with Crippen LogP contribution in [0.15, 0.2) is 57.2 Å². The van der Waals surface area contributed by atoms with Gasteiger partial charge in [-0.05, 0) is 58.6 Å². The molecule has 1 aliphatic heterocycles. The summed E-state index contributed by atoms with van der Waals surface area (Å²) in [6.07, 6.45) is 1.39. The highest BCUT2D eigenvalue weighted by Gasteiger charge is 2.33. The van der Waals surface area contributed by atoms with E-state index < -0.39 is 26.7 Å². The Labute approximate surface area is 186 Å². The first-order valence-corrected chi connectivity index (χ1v) is 12.7. The van der Waals surface area contributed by atoms with Gasteiger partial charge in [0.2, 0.25) is 0 Å². The molecule has 1 fully saturated rings. The zero-order valence-electron chi connectivity index (χ0n) is 15.9. The molecule has 2 aromatic carbocycles. The van der Waals surface area contributed by atoms with E-state index in [0.29, 0.717) is 47.3 Å². The number of rotatable bonds is 5. The monoisotopic (exact) mass is 512 g/mol. The number of hydrogen-bond acceptors (Lipinski definition) is 5. The number of halogens is 3. The molecule has 0 bridgehead atoms. The molecule has 0 saturated carbocycles. The van der Waals surface area contributed by atoms with Gasteiger partial charge >= 0.3 is 0 Å². The zero-order valence-corrected chi connectivity index (χ0v) is 19.1. The van der Waals surface area contributed by atoms with E-state index in [-0.39, 0.29) is 0 Å². The Morgan fingerprint density at radius 3 is 2.43 bits per heavy atom. The number of anilines is 1. The van der Waals surface area contributed by atoms with Crippen LogP contribution >= 0.6 is 27.3 Å². The average Bonchev–Trinajstić information content (AvgIpc) is 3.16. The number of thiazole rings is 1. The van der Waals surface area contributed by atoms with Gasteiger partial charge in [0.05, 0.1) is 15.8 Å². The Morgan fingerprint density at radius 2 is 1.77 bits per heavy atom. The summed E-state index contributed by atoms with van der Waals surface area (Å²) in [4.78, 5) is 7.00. The van der Waals surface area contributed by atoms with Crippen LogP contribution in [0.4, 0.5) is 13.9 Å². The van der Waals surface area contributed by atoms with Gasteiger partial charge in [0, 0.05) is 35.4 Å². The molecule has 1 saturated heterocycles. The molecule has 4 nitrogen and oxygen atoms in total. The molecular weight excluding hydrogens is 494 g/mol. The van der Waals surface area contributed by atoms with Crippen molar-refractivity contribution in [3.05, 3.63) is 75.2 Å². The highest BCUT2D eigenvalue weighted by atomic mass is 79.9. The molecule has 0 amide bonds. The van der Waals surface area contributed by atoms with Crippen molar-refractivity contribution in [2.45, 2.75) is 29.4 Å². The number of piperidine rings is 1. The number of benzene rings is 2. The summed E-state index contributed by atoms with van der Waals surface area (Å²) in [7, 11) is -3.40. The first-order valence-electron chi connectivity index (χ1n) is 9.45. The summed E-state index contributed by atoms with van der Waals surface area (Å²) < 4.78 is 53.3. The zero-order chi connectivity index (χ0) is 21.3. The lowest BCUT2D eigenvalue weighted by atomic mass is 10.1. The van der Waals surface area contributed by atoms with Gasteiger partial charge in [0.25, 0.3) is 0 Å². The fourth-order valence-electron chi connectivity index (χ4n) is 3.66. The maximum atomic E-state index is 13.4. The van der Waals surface area contributed by atoms with Crippen LogP contribution in [-0.4, -0.2) is 31.7 Å². The third kappa shape index (κ3) is 4.58.